The normalized spacial score (nSPS) is 10.6. The van der Waals surface area contributed by atoms with E-state index in [1.807, 2.05) is 6.92 Å². The summed E-state index contributed by atoms with van der Waals surface area (Å²) in [6.45, 7) is 7.48. The van der Waals surface area contributed by atoms with Gasteiger partial charge in [-0.05, 0) is 19.8 Å². The molecule has 0 saturated heterocycles. The van der Waals surface area contributed by atoms with Crippen molar-refractivity contribution >= 4 is 12.0 Å². The van der Waals surface area contributed by atoms with Crippen LogP contribution in [0.4, 0.5) is 10.8 Å². The Morgan fingerprint density at radius 2 is 2.00 bits per heavy atom. The lowest BCUT2D eigenvalue weighted by atomic mass is 10.2. The van der Waals surface area contributed by atoms with Gasteiger partial charge in [-0.15, -0.1) is 0 Å². The van der Waals surface area contributed by atoms with E-state index in [1.165, 1.54) is 12.8 Å². The van der Waals surface area contributed by atoms with Crippen molar-refractivity contribution in [1.29, 1.82) is 0 Å². The average molecular weight is 281 g/mol. The highest BCUT2D eigenvalue weighted by atomic mass is 16.4. The lowest BCUT2D eigenvalue weighted by Crippen LogP contribution is -2.41. The second kappa shape index (κ2) is 9.39. The molecule has 5 nitrogen and oxygen atoms in total. The molecule has 0 saturated carbocycles. The minimum atomic E-state index is -0.114. The predicted octanol–water partition coefficient (Wildman–Crippen LogP) is 3.88. The molecule has 1 heterocycles. The highest BCUT2D eigenvalue weighted by molar-refractivity contribution is 5.89. The molecule has 0 spiro atoms. The summed E-state index contributed by atoms with van der Waals surface area (Å²) in [6, 6.07) is 0.277. The van der Waals surface area contributed by atoms with Gasteiger partial charge in [0, 0.05) is 13.1 Å². The van der Waals surface area contributed by atoms with Gasteiger partial charge in [-0.25, -0.2) is 9.69 Å². The van der Waals surface area contributed by atoms with E-state index in [2.05, 4.69) is 24.1 Å². The Morgan fingerprint density at radius 3 is 2.60 bits per heavy atom. The van der Waals surface area contributed by atoms with E-state index in [-0.39, 0.29) is 6.03 Å². The van der Waals surface area contributed by atoms with Crippen LogP contribution >= 0.6 is 0 Å². The van der Waals surface area contributed by atoms with Gasteiger partial charge in [-0.2, -0.15) is 4.98 Å². The van der Waals surface area contributed by atoms with Crippen LogP contribution in [0.25, 0.3) is 0 Å². The molecule has 0 radical (unpaired) electrons. The summed E-state index contributed by atoms with van der Waals surface area (Å²) < 4.78 is 5.34. The Labute approximate surface area is 121 Å². The first-order valence-electron chi connectivity index (χ1n) is 7.66. The van der Waals surface area contributed by atoms with E-state index in [9.17, 15) is 4.79 Å². The van der Waals surface area contributed by atoms with Crippen LogP contribution in [0.2, 0.25) is 0 Å². The number of nitrogens with zero attached hydrogens (tertiary/aromatic N) is 2. The van der Waals surface area contributed by atoms with Crippen molar-refractivity contribution in [3.63, 3.8) is 0 Å². The lowest BCUT2D eigenvalue weighted by molar-refractivity contribution is 0.244. The largest absolute Gasteiger partial charge is 0.431 e. The number of hydrogen-bond donors (Lipinski definition) is 1. The van der Waals surface area contributed by atoms with Crippen LogP contribution in [0, 0.1) is 6.92 Å². The van der Waals surface area contributed by atoms with Crippen LogP contribution in [0.1, 0.15) is 58.1 Å². The maximum Gasteiger partial charge on any atom is 0.325 e. The fourth-order valence-corrected chi connectivity index (χ4v) is 1.91. The Bertz CT molecular complexity index is 390. The number of aromatic nitrogens is 1. The number of anilines is 1. The monoisotopic (exact) mass is 281 g/mol. The number of unbranched alkanes of at least 4 members (excludes halogenated alkanes) is 4. The standard InChI is InChI=1S/C15H27N3O2/c1-4-6-8-9-10-16-14(19)18(11-7-5-2)15-17-13(3)12-20-15/h12H,4-11H2,1-3H3,(H,16,19). The zero-order valence-corrected chi connectivity index (χ0v) is 12.9. The summed E-state index contributed by atoms with van der Waals surface area (Å²) >= 11 is 0. The molecule has 1 rings (SSSR count). The van der Waals surface area contributed by atoms with Crippen molar-refractivity contribution in [2.24, 2.45) is 0 Å². The molecule has 0 aliphatic heterocycles. The van der Waals surface area contributed by atoms with Crippen molar-refractivity contribution < 1.29 is 9.21 Å². The molecule has 0 aliphatic carbocycles. The fourth-order valence-electron chi connectivity index (χ4n) is 1.91. The number of urea groups is 1. The molecule has 1 N–H and O–H groups in total. The third kappa shape index (κ3) is 5.63. The van der Waals surface area contributed by atoms with Gasteiger partial charge >= 0.3 is 12.0 Å². The van der Waals surface area contributed by atoms with Gasteiger partial charge in [0.25, 0.3) is 0 Å². The van der Waals surface area contributed by atoms with Crippen LogP contribution < -0.4 is 10.2 Å². The van der Waals surface area contributed by atoms with E-state index in [1.54, 1.807) is 11.2 Å². The van der Waals surface area contributed by atoms with Gasteiger partial charge in [0.1, 0.15) is 6.26 Å². The topological polar surface area (TPSA) is 58.4 Å². The van der Waals surface area contributed by atoms with Crippen molar-refractivity contribution in [3.05, 3.63) is 12.0 Å². The zero-order valence-electron chi connectivity index (χ0n) is 12.9. The minimum absolute atomic E-state index is 0.114. The van der Waals surface area contributed by atoms with E-state index >= 15 is 0 Å². The second-order valence-electron chi connectivity index (χ2n) is 5.07. The third-order valence-corrected chi connectivity index (χ3v) is 3.12. The van der Waals surface area contributed by atoms with Gasteiger partial charge in [0.2, 0.25) is 0 Å². The summed E-state index contributed by atoms with van der Waals surface area (Å²) in [5.41, 5.74) is 0.789. The Hall–Kier alpha value is -1.52. The molecular weight excluding hydrogens is 254 g/mol. The number of hydrogen-bond acceptors (Lipinski definition) is 3. The first kappa shape index (κ1) is 16.5. The van der Waals surface area contributed by atoms with Crippen molar-refractivity contribution in [2.75, 3.05) is 18.0 Å². The summed E-state index contributed by atoms with van der Waals surface area (Å²) in [5.74, 6) is 0. The molecule has 0 aliphatic rings. The highest BCUT2D eigenvalue weighted by Crippen LogP contribution is 2.14. The minimum Gasteiger partial charge on any atom is -0.431 e. The number of rotatable bonds is 9. The van der Waals surface area contributed by atoms with Crippen LogP contribution in [0.5, 0.6) is 0 Å². The lowest BCUT2D eigenvalue weighted by Gasteiger charge is -2.19. The van der Waals surface area contributed by atoms with Crippen molar-refractivity contribution in [2.45, 2.75) is 59.3 Å². The summed E-state index contributed by atoms with van der Waals surface area (Å²) in [4.78, 5) is 18.0. The first-order valence-corrected chi connectivity index (χ1v) is 7.66. The molecule has 2 amide bonds. The SMILES string of the molecule is CCCCCCNC(=O)N(CCCC)c1nc(C)co1. The van der Waals surface area contributed by atoms with Crippen LogP contribution in [0.15, 0.2) is 10.7 Å². The maximum atomic E-state index is 12.2. The van der Waals surface area contributed by atoms with Gasteiger partial charge in [0.15, 0.2) is 0 Å². The summed E-state index contributed by atoms with van der Waals surface area (Å²) in [5, 5.41) is 2.95. The Balaban J connectivity index is 2.48. The van der Waals surface area contributed by atoms with Crippen LogP contribution in [-0.2, 0) is 0 Å². The predicted molar refractivity (Wildman–Crippen MR) is 81.0 cm³/mol. The molecule has 0 fully saturated rings. The van der Waals surface area contributed by atoms with E-state index < -0.39 is 0 Å². The van der Waals surface area contributed by atoms with Gasteiger partial charge in [0.05, 0.1) is 5.69 Å². The highest BCUT2D eigenvalue weighted by Gasteiger charge is 2.19. The molecule has 114 valence electrons. The number of amides is 2. The van der Waals surface area contributed by atoms with E-state index in [0.717, 1.165) is 31.4 Å². The quantitative estimate of drug-likeness (QED) is 0.699. The molecule has 0 unspecified atom stereocenters. The van der Waals surface area contributed by atoms with E-state index in [0.29, 0.717) is 19.1 Å². The molecule has 20 heavy (non-hydrogen) atoms. The van der Waals surface area contributed by atoms with Crippen molar-refractivity contribution in [3.8, 4) is 0 Å². The Morgan fingerprint density at radius 1 is 1.25 bits per heavy atom. The molecule has 0 aromatic carbocycles. The molecule has 0 atom stereocenters. The Kier molecular flexibility index (Phi) is 7.77. The molecule has 1 aromatic heterocycles. The number of oxazole rings is 1. The number of nitrogens with one attached hydrogen (secondary N) is 1. The maximum absolute atomic E-state index is 12.2. The van der Waals surface area contributed by atoms with Gasteiger partial charge in [-0.3, -0.25) is 0 Å². The third-order valence-electron chi connectivity index (χ3n) is 3.12. The summed E-state index contributed by atoms with van der Waals surface area (Å²) in [7, 11) is 0. The summed E-state index contributed by atoms with van der Waals surface area (Å²) in [6.07, 6.45) is 8.13. The smallest absolute Gasteiger partial charge is 0.325 e. The molecule has 5 heteroatoms. The average Bonchev–Trinajstić information content (AvgIpc) is 2.85. The number of carbonyl (C=O) groups excluding carboxylic acids is 1. The van der Waals surface area contributed by atoms with Gasteiger partial charge < -0.3 is 9.73 Å². The van der Waals surface area contributed by atoms with Crippen molar-refractivity contribution in [1.82, 2.24) is 10.3 Å². The second-order valence-corrected chi connectivity index (χ2v) is 5.07. The molecule has 0 bridgehead atoms. The number of carbonyl (C=O) groups is 1. The number of aryl methyl sites for hydroxylation is 1. The zero-order chi connectivity index (χ0) is 14.8. The molecule has 1 aromatic rings. The van der Waals surface area contributed by atoms with Gasteiger partial charge in [-0.1, -0.05) is 39.5 Å². The molecular formula is C15H27N3O2. The fraction of sp³-hybridized carbons (Fsp3) is 0.733. The first-order chi connectivity index (χ1) is 9.69. The van der Waals surface area contributed by atoms with E-state index in [4.69, 9.17) is 4.42 Å². The van der Waals surface area contributed by atoms with Crippen LogP contribution in [-0.4, -0.2) is 24.1 Å². The van der Waals surface area contributed by atoms with Crippen LogP contribution in [0.3, 0.4) is 0 Å².